The van der Waals surface area contributed by atoms with Gasteiger partial charge in [-0.3, -0.25) is 4.98 Å². The van der Waals surface area contributed by atoms with Crippen molar-refractivity contribution in [3.05, 3.63) is 18.0 Å². The lowest BCUT2D eigenvalue weighted by atomic mass is 10.1. The zero-order valence-electron chi connectivity index (χ0n) is 9.77. The Morgan fingerprint density at radius 2 is 2.25 bits per heavy atom. The van der Waals surface area contributed by atoms with Gasteiger partial charge in [0.15, 0.2) is 0 Å². The van der Waals surface area contributed by atoms with Crippen molar-refractivity contribution in [1.82, 2.24) is 4.98 Å². The Morgan fingerprint density at radius 3 is 2.88 bits per heavy atom. The van der Waals surface area contributed by atoms with Gasteiger partial charge in [0.25, 0.3) is 0 Å². The molecule has 0 aliphatic heterocycles. The van der Waals surface area contributed by atoms with Gasteiger partial charge in [-0.15, -0.1) is 0 Å². The molecule has 1 aliphatic carbocycles. The quantitative estimate of drug-likeness (QED) is 0.829. The van der Waals surface area contributed by atoms with Crippen LogP contribution in [-0.2, 0) is 4.74 Å². The van der Waals surface area contributed by atoms with Crippen molar-refractivity contribution in [2.45, 2.75) is 25.9 Å². The van der Waals surface area contributed by atoms with Gasteiger partial charge in [-0.2, -0.15) is 0 Å². The number of anilines is 1. The second-order valence-electron chi connectivity index (χ2n) is 4.27. The first-order valence-electron chi connectivity index (χ1n) is 5.61. The molecule has 0 spiro atoms. The predicted octanol–water partition coefficient (Wildman–Crippen LogP) is 2.16. The molecule has 1 aromatic heterocycles. The summed E-state index contributed by atoms with van der Waals surface area (Å²) in [4.78, 5) is 4.05. The highest BCUT2D eigenvalue weighted by Gasteiger charge is 2.23. The fourth-order valence-corrected chi connectivity index (χ4v) is 1.63. The zero-order valence-corrected chi connectivity index (χ0v) is 9.77. The third kappa shape index (κ3) is 2.44. The van der Waals surface area contributed by atoms with Crippen LogP contribution in [-0.4, -0.2) is 18.7 Å². The summed E-state index contributed by atoms with van der Waals surface area (Å²) in [5.74, 6) is 1.47. The predicted molar refractivity (Wildman–Crippen MR) is 62.3 cm³/mol. The number of hydrogen-bond donors (Lipinski definition) is 1. The zero-order chi connectivity index (χ0) is 11.5. The first-order chi connectivity index (χ1) is 7.72. The van der Waals surface area contributed by atoms with Gasteiger partial charge in [-0.25, -0.2) is 0 Å². The molecule has 1 saturated carbocycles. The van der Waals surface area contributed by atoms with Crippen LogP contribution in [0.1, 0.15) is 31.4 Å². The lowest BCUT2D eigenvalue weighted by Crippen LogP contribution is -2.08. The van der Waals surface area contributed by atoms with Gasteiger partial charge < -0.3 is 15.2 Å². The molecule has 1 aliphatic rings. The number of nitrogens with two attached hydrogens (primary N) is 1. The summed E-state index contributed by atoms with van der Waals surface area (Å²) in [7, 11) is 1.66. The van der Waals surface area contributed by atoms with E-state index in [1.54, 1.807) is 19.5 Å². The Kier molecular flexibility index (Phi) is 3.29. The van der Waals surface area contributed by atoms with E-state index >= 15 is 0 Å². The van der Waals surface area contributed by atoms with Crippen LogP contribution < -0.4 is 10.5 Å². The molecule has 1 heterocycles. The third-order valence-electron chi connectivity index (χ3n) is 2.91. The van der Waals surface area contributed by atoms with E-state index in [1.165, 1.54) is 12.8 Å². The summed E-state index contributed by atoms with van der Waals surface area (Å²) in [5, 5.41) is 0. The molecule has 1 atom stereocenters. The molecule has 1 unspecified atom stereocenters. The average Bonchev–Trinajstić information content (AvgIpc) is 3.09. The van der Waals surface area contributed by atoms with E-state index in [0.717, 1.165) is 17.9 Å². The largest absolute Gasteiger partial charge is 0.491 e. The van der Waals surface area contributed by atoms with E-state index in [1.807, 2.05) is 6.92 Å². The minimum atomic E-state index is -0.0720. The number of nitrogen functional groups attached to an aromatic ring is 1. The molecule has 0 aromatic carbocycles. The van der Waals surface area contributed by atoms with Crippen molar-refractivity contribution in [3.8, 4) is 5.75 Å². The summed E-state index contributed by atoms with van der Waals surface area (Å²) in [6, 6.07) is 0. The van der Waals surface area contributed by atoms with E-state index in [4.69, 9.17) is 15.2 Å². The molecule has 2 rings (SSSR count). The van der Waals surface area contributed by atoms with Gasteiger partial charge in [0, 0.05) is 12.7 Å². The van der Waals surface area contributed by atoms with Crippen LogP contribution in [0.15, 0.2) is 12.4 Å². The van der Waals surface area contributed by atoms with E-state index in [-0.39, 0.29) is 6.10 Å². The highest BCUT2D eigenvalue weighted by molar-refractivity contribution is 5.52. The molecular formula is C12H18N2O2. The molecule has 1 fully saturated rings. The van der Waals surface area contributed by atoms with Crippen molar-refractivity contribution in [2.24, 2.45) is 5.92 Å². The molecule has 88 valence electrons. The Labute approximate surface area is 95.8 Å². The molecule has 1 aromatic rings. The van der Waals surface area contributed by atoms with Crippen LogP contribution in [0.3, 0.4) is 0 Å². The van der Waals surface area contributed by atoms with Crippen molar-refractivity contribution in [1.29, 1.82) is 0 Å². The number of nitrogens with zero attached hydrogens (tertiary/aromatic N) is 1. The Bertz CT molecular complexity index is 364. The van der Waals surface area contributed by atoms with Crippen molar-refractivity contribution < 1.29 is 9.47 Å². The summed E-state index contributed by atoms with van der Waals surface area (Å²) >= 11 is 0. The summed E-state index contributed by atoms with van der Waals surface area (Å²) in [5.41, 5.74) is 7.43. The fraction of sp³-hybridized carbons (Fsp3) is 0.583. The third-order valence-corrected chi connectivity index (χ3v) is 2.91. The first kappa shape index (κ1) is 11.2. The molecule has 0 bridgehead atoms. The highest BCUT2D eigenvalue weighted by atomic mass is 16.5. The number of rotatable bonds is 5. The van der Waals surface area contributed by atoms with Crippen LogP contribution in [0, 0.1) is 5.92 Å². The van der Waals surface area contributed by atoms with E-state index < -0.39 is 0 Å². The van der Waals surface area contributed by atoms with Crippen LogP contribution in [0.25, 0.3) is 0 Å². The molecule has 0 saturated heterocycles. The standard InChI is InChI=1S/C12H18N2O2/c1-8(15-2)12-10(13)5-14-6-11(12)16-7-9-3-4-9/h5-6,8-9H,3-4,7,13H2,1-2H3. The second kappa shape index (κ2) is 4.70. The van der Waals surface area contributed by atoms with E-state index in [2.05, 4.69) is 4.98 Å². The van der Waals surface area contributed by atoms with E-state index in [0.29, 0.717) is 11.6 Å². The number of ether oxygens (including phenoxy) is 2. The van der Waals surface area contributed by atoms with Crippen LogP contribution >= 0.6 is 0 Å². The Hall–Kier alpha value is -1.29. The van der Waals surface area contributed by atoms with Gasteiger partial charge in [-0.1, -0.05) is 0 Å². The smallest absolute Gasteiger partial charge is 0.145 e. The van der Waals surface area contributed by atoms with Crippen molar-refractivity contribution in [2.75, 3.05) is 19.5 Å². The molecular weight excluding hydrogens is 204 g/mol. The minimum Gasteiger partial charge on any atom is -0.491 e. The number of methoxy groups -OCH3 is 1. The summed E-state index contributed by atoms with van der Waals surface area (Å²) in [6.07, 6.45) is 5.81. The number of hydrogen-bond acceptors (Lipinski definition) is 4. The van der Waals surface area contributed by atoms with Crippen LogP contribution in [0.5, 0.6) is 5.75 Å². The van der Waals surface area contributed by atoms with E-state index in [9.17, 15) is 0 Å². The average molecular weight is 222 g/mol. The van der Waals surface area contributed by atoms with Crippen molar-refractivity contribution in [3.63, 3.8) is 0 Å². The number of aromatic nitrogens is 1. The maximum atomic E-state index is 5.90. The van der Waals surface area contributed by atoms with Gasteiger partial charge in [0.1, 0.15) is 5.75 Å². The molecule has 2 N–H and O–H groups in total. The summed E-state index contributed by atoms with van der Waals surface area (Å²) in [6.45, 7) is 2.71. The number of pyridine rings is 1. The Morgan fingerprint density at radius 1 is 1.50 bits per heavy atom. The lowest BCUT2D eigenvalue weighted by molar-refractivity contribution is 0.116. The molecule has 4 heteroatoms. The SMILES string of the molecule is COC(C)c1c(N)cncc1OCC1CC1. The minimum absolute atomic E-state index is 0.0720. The molecule has 0 amide bonds. The van der Waals surface area contributed by atoms with Crippen molar-refractivity contribution >= 4 is 5.69 Å². The molecule has 4 nitrogen and oxygen atoms in total. The Balaban J connectivity index is 2.16. The highest BCUT2D eigenvalue weighted by Crippen LogP contribution is 2.34. The topological polar surface area (TPSA) is 57.4 Å². The van der Waals surface area contributed by atoms with Gasteiger partial charge >= 0.3 is 0 Å². The normalized spacial score (nSPS) is 17.1. The molecule has 16 heavy (non-hydrogen) atoms. The van der Waals surface area contributed by atoms with Crippen LogP contribution in [0.2, 0.25) is 0 Å². The lowest BCUT2D eigenvalue weighted by Gasteiger charge is -2.17. The second-order valence-corrected chi connectivity index (χ2v) is 4.27. The van der Waals surface area contributed by atoms with Gasteiger partial charge in [0.05, 0.1) is 30.8 Å². The van der Waals surface area contributed by atoms with Gasteiger partial charge in [-0.05, 0) is 25.7 Å². The van der Waals surface area contributed by atoms with Gasteiger partial charge in [0.2, 0.25) is 0 Å². The maximum Gasteiger partial charge on any atom is 0.145 e. The summed E-state index contributed by atoms with van der Waals surface area (Å²) < 4.78 is 11.0. The molecule has 0 radical (unpaired) electrons. The van der Waals surface area contributed by atoms with Crippen LogP contribution in [0.4, 0.5) is 5.69 Å². The maximum absolute atomic E-state index is 5.90. The monoisotopic (exact) mass is 222 g/mol. The first-order valence-corrected chi connectivity index (χ1v) is 5.61. The fourth-order valence-electron chi connectivity index (χ4n) is 1.63.